The van der Waals surface area contributed by atoms with Crippen molar-refractivity contribution in [2.75, 3.05) is 27.2 Å². The molecule has 28 heavy (non-hydrogen) atoms. The lowest BCUT2D eigenvalue weighted by Crippen LogP contribution is -2.32. The van der Waals surface area contributed by atoms with Gasteiger partial charge in [-0.05, 0) is 52.2 Å². The minimum absolute atomic E-state index is 0.00650. The lowest BCUT2D eigenvalue weighted by Gasteiger charge is -2.21. The second kappa shape index (κ2) is 8.99. The van der Waals surface area contributed by atoms with E-state index in [-0.39, 0.29) is 11.7 Å². The van der Waals surface area contributed by atoms with Gasteiger partial charge < -0.3 is 10.1 Å². The number of fused-ring (bicyclic) bond motifs is 1. The Morgan fingerprint density at radius 1 is 1.14 bits per heavy atom. The fraction of sp³-hybridized carbons (Fsp3) is 0.364. The molecule has 0 amide bonds. The number of hydrogen-bond donors (Lipinski definition) is 1. The number of aromatic nitrogens is 2. The molecule has 0 atom stereocenters. The van der Waals surface area contributed by atoms with Crippen LogP contribution >= 0.6 is 0 Å². The van der Waals surface area contributed by atoms with Crippen molar-refractivity contribution in [2.24, 2.45) is 0 Å². The quantitative estimate of drug-likeness (QED) is 0.651. The van der Waals surface area contributed by atoms with Gasteiger partial charge in [0.1, 0.15) is 11.6 Å². The molecule has 148 valence electrons. The molecule has 0 aliphatic rings. The summed E-state index contributed by atoms with van der Waals surface area (Å²) in [5.74, 6) is 1.37. The van der Waals surface area contributed by atoms with Crippen LogP contribution in [0.25, 0.3) is 16.6 Å². The zero-order valence-electron chi connectivity index (χ0n) is 17.0. The van der Waals surface area contributed by atoms with Gasteiger partial charge in [0.05, 0.1) is 29.2 Å². The molecule has 2 aromatic carbocycles. The topological polar surface area (TPSA) is 59.4 Å². The highest BCUT2D eigenvalue weighted by atomic mass is 16.5. The van der Waals surface area contributed by atoms with Gasteiger partial charge in [-0.15, -0.1) is 0 Å². The van der Waals surface area contributed by atoms with Crippen molar-refractivity contribution in [3.63, 3.8) is 0 Å². The van der Waals surface area contributed by atoms with E-state index in [9.17, 15) is 4.79 Å². The Balaban J connectivity index is 2.18. The molecule has 3 rings (SSSR count). The molecule has 0 radical (unpaired) electrons. The van der Waals surface area contributed by atoms with Crippen LogP contribution in [0.1, 0.15) is 19.7 Å². The van der Waals surface area contributed by atoms with Crippen molar-refractivity contribution in [3.05, 3.63) is 64.7 Å². The molecular formula is C22H28N4O2. The van der Waals surface area contributed by atoms with Gasteiger partial charge >= 0.3 is 0 Å². The van der Waals surface area contributed by atoms with Crippen LogP contribution in [0.2, 0.25) is 0 Å². The second-order valence-electron chi connectivity index (χ2n) is 7.16. The Morgan fingerprint density at radius 2 is 1.86 bits per heavy atom. The summed E-state index contributed by atoms with van der Waals surface area (Å²) in [6, 6.07) is 15.1. The number of para-hydroxylation sites is 3. The standard InChI is InChI=1S/C22H28N4O2/c1-16(2)28-20-12-8-7-11-19(20)26-21(15-25(4)14-13-23-3)24-18-10-6-5-9-17(18)22(26)27/h5-12,16,23H,13-15H2,1-4H3. The first-order valence-corrected chi connectivity index (χ1v) is 9.61. The van der Waals surface area contributed by atoms with Crippen LogP contribution in [0.4, 0.5) is 0 Å². The van der Waals surface area contributed by atoms with Crippen molar-refractivity contribution in [1.29, 1.82) is 0 Å². The number of hydrogen-bond acceptors (Lipinski definition) is 5. The molecule has 6 nitrogen and oxygen atoms in total. The summed E-state index contributed by atoms with van der Waals surface area (Å²) in [4.78, 5) is 20.4. The minimum Gasteiger partial charge on any atom is -0.489 e. The fourth-order valence-corrected chi connectivity index (χ4v) is 3.15. The summed E-state index contributed by atoms with van der Waals surface area (Å²) in [5.41, 5.74) is 1.35. The van der Waals surface area contributed by atoms with Gasteiger partial charge in [0.25, 0.3) is 5.56 Å². The van der Waals surface area contributed by atoms with E-state index < -0.39 is 0 Å². The van der Waals surface area contributed by atoms with E-state index in [0.717, 1.165) is 18.8 Å². The van der Waals surface area contributed by atoms with Crippen molar-refractivity contribution in [2.45, 2.75) is 26.5 Å². The molecule has 1 N–H and O–H groups in total. The first-order chi connectivity index (χ1) is 13.5. The second-order valence-corrected chi connectivity index (χ2v) is 7.16. The average Bonchev–Trinajstić information content (AvgIpc) is 2.67. The number of nitrogens with zero attached hydrogens (tertiary/aromatic N) is 3. The smallest absolute Gasteiger partial charge is 0.266 e. The minimum atomic E-state index is -0.0811. The monoisotopic (exact) mass is 380 g/mol. The van der Waals surface area contributed by atoms with Gasteiger partial charge in [0, 0.05) is 13.1 Å². The third-order valence-corrected chi connectivity index (χ3v) is 4.47. The molecule has 0 saturated carbocycles. The van der Waals surface area contributed by atoms with Crippen LogP contribution in [0.15, 0.2) is 53.3 Å². The highest BCUT2D eigenvalue weighted by Gasteiger charge is 2.17. The van der Waals surface area contributed by atoms with E-state index in [1.54, 1.807) is 4.57 Å². The van der Waals surface area contributed by atoms with Crippen LogP contribution in [0.5, 0.6) is 5.75 Å². The normalized spacial score (nSPS) is 11.5. The maximum Gasteiger partial charge on any atom is 0.266 e. The molecule has 3 aromatic rings. The number of rotatable bonds is 8. The lowest BCUT2D eigenvalue weighted by atomic mass is 10.2. The number of ether oxygens (including phenoxy) is 1. The number of likely N-dealkylation sites (N-methyl/N-ethyl adjacent to an activating group) is 2. The zero-order valence-corrected chi connectivity index (χ0v) is 17.0. The highest BCUT2D eigenvalue weighted by Crippen LogP contribution is 2.24. The highest BCUT2D eigenvalue weighted by molar-refractivity contribution is 5.78. The fourth-order valence-electron chi connectivity index (χ4n) is 3.15. The summed E-state index contributed by atoms with van der Waals surface area (Å²) in [6.45, 7) is 6.22. The van der Waals surface area contributed by atoms with E-state index in [4.69, 9.17) is 9.72 Å². The Labute approximate surface area is 165 Å². The predicted molar refractivity (Wildman–Crippen MR) is 113 cm³/mol. The molecule has 0 fully saturated rings. The molecule has 6 heteroatoms. The summed E-state index contributed by atoms with van der Waals surface area (Å²) >= 11 is 0. The van der Waals surface area contributed by atoms with Crippen molar-refractivity contribution >= 4 is 10.9 Å². The Hall–Kier alpha value is -2.70. The molecule has 1 heterocycles. The van der Waals surface area contributed by atoms with Crippen LogP contribution in [0, 0.1) is 0 Å². The van der Waals surface area contributed by atoms with E-state index in [0.29, 0.717) is 29.0 Å². The molecule has 0 saturated heterocycles. The van der Waals surface area contributed by atoms with E-state index in [1.807, 2.05) is 76.5 Å². The predicted octanol–water partition coefficient (Wildman–Crippen LogP) is 2.82. The van der Waals surface area contributed by atoms with Gasteiger partial charge in [-0.25, -0.2) is 4.98 Å². The van der Waals surface area contributed by atoms with Crippen LogP contribution in [-0.4, -0.2) is 47.7 Å². The molecule has 0 bridgehead atoms. The first kappa shape index (κ1) is 20.0. The van der Waals surface area contributed by atoms with Crippen LogP contribution in [-0.2, 0) is 6.54 Å². The molecule has 0 unspecified atom stereocenters. The van der Waals surface area contributed by atoms with E-state index in [1.165, 1.54) is 0 Å². The Kier molecular flexibility index (Phi) is 6.44. The van der Waals surface area contributed by atoms with Crippen molar-refractivity contribution in [3.8, 4) is 11.4 Å². The molecule has 0 aliphatic carbocycles. The maximum absolute atomic E-state index is 13.4. The summed E-state index contributed by atoms with van der Waals surface area (Å²) in [6.07, 6.45) is 0.00650. The maximum atomic E-state index is 13.4. The van der Waals surface area contributed by atoms with Crippen LogP contribution in [0.3, 0.4) is 0 Å². The largest absolute Gasteiger partial charge is 0.489 e. The molecule has 0 spiro atoms. The number of benzene rings is 2. The molecule has 0 aliphatic heterocycles. The van der Waals surface area contributed by atoms with E-state index in [2.05, 4.69) is 10.2 Å². The van der Waals surface area contributed by atoms with Crippen molar-refractivity contribution < 1.29 is 4.74 Å². The van der Waals surface area contributed by atoms with Gasteiger partial charge in [-0.2, -0.15) is 0 Å². The van der Waals surface area contributed by atoms with Gasteiger partial charge in [-0.3, -0.25) is 14.3 Å². The van der Waals surface area contributed by atoms with Gasteiger partial charge in [-0.1, -0.05) is 24.3 Å². The van der Waals surface area contributed by atoms with E-state index >= 15 is 0 Å². The third-order valence-electron chi connectivity index (χ3n) is 4.47. The van der Waals surface area contributed by atoms with Gasteiger partial charge in [0.2, 0.25) is 0 Å². The van der Waals surface area contributed by atoms with Gasteiger partial charge in [0.15, 0.2) is 0 Å². The van der Waals surface area contributed by atoms with Crippen LogP contribution < -0.4 is 15.6 Å². The number of nitrogens with one attached hydrogen (secondary N) is 1. The summed E-state index contributed by atoms with van der Waals surface area (Å²) in [5, 5.41) is 3.75. The summed E-state index contributed by atoms with van der Waals surface area (Å²) < 4.78 is 7.67. The first-order valence-electron chi connectivity index (χ1n) is 9.61. The molecule has 1 aromatic heterocycles. The Morgan fingerprint density at radius 3 is 2.61 bits per heavy atom. The third kappa shape index (κ3) is 4.40. The van der Waals surface area contributed by atoms with Crippen molar-refractivity contribution in [1.82, 2.24) is 19.8 Å². The average molecular weight is 380 g/mol. The zero-order chi connectivity index (χ0) is 20.1. The molecular weight excluding hydrogens is 352 g/mol. The lowest BCUT2D eigenvalue weighted by molar-refractivity contribution is 0.241. The summed E-state index contributed by atoms with van der Waals surface area (Å²) in [7, 11) is 3.96. The Bertz CT molecular complexity index is 997. The SMILES string of the molecule is CNCCN(C)Cc1nc2ccccc2c(=O)n1-c1ccccc1OC(C)C.